The lowest BCUT2D eigenvalue weighted by molar-refractivity contribution is -0.106. The summed E-state index contributed by atoms with van der Waals surface area (Å²) in [5.41, 5.74) is 17.2. The van der Waals surface area contributed by atoms with Crippen LogP contribution in [0.25, 0.3) is 43.6 Å². The standard InChI is InChI=1S/C33H26N4O3.CH3NO/c1-40-19-12-10-17(11-13-19)16-35-32(38)28-26-20-6-2-4-8-23(20)36-18-14-22(34)25(15-18)37-24-9-5-3-7-21(24)27(29(28)33(35)39)31(37)30(26)36;2-1-3/h2-13,18,22,25H,14-16,34H2,1H3;1H,(H2,2,3). The predicted molar refractivity (Wildman–Crippen MR) is 165 cm³/mol. The first-order valence-corrected chi connectivity index (χ1v) is 14.4. The number of imide groups is 1. The van der Waals surface area contributed by atoms with Gasteiger partial charge in [0.05, 0.1) is 41.9 Å². The molecular weight excluding hydrogens is 542 g/mol. The van der Waals surface area contributed by atoms with Gasteiger partial charge in [-0.1, -0.05) is 48.5 Å². The summed E-state index contributed by atoms with van der Waals surface area (Å²) in [5, 5.41) is 3.77. The average Bonchev–Trinajstić information content (AvgIpc) is 3.70. The molecule has 43 heavy (non-hydrogen) atoms. The zero-order valence-electron chi connectivity index (χ0n) is 23.5. The van der Waals surface area contributed by atoms with Crippen LogP contribution in [0.4, 0.5) is 0 Å². The van der Waals surface area contributed by atoms with E-state index in [1.165, 1.54) is 4.90 Å². The van der Waals surface area contributed by atoms with E-state index in [0.717, 1.165) is 67.8 Å². The van der Waals surface area contributed by atoms with E-state index in [0.29, 0.717) is 11.1 Å². The van der Waals surface area contributed by atoms with Crippen LogP contribution in [0.15, 0.2) is 72.8 Å². The highest BCUT2D eigenvalue weighted by atomic mass is 16.5. The minimum atomic E-state index is -0.240. The third-order valence-electron chi connectivity index (χ3n) is 9.46. The number of aromatic nitrogens is 2. The van der Waals surface area contributed by atoms with Crippen LogP contribution < -0.4 is 16.2 Å². The van der Waals surface area contributed by atoms with E-state index in [2.05, 4.69) is 45.2 Å². The summed E-state index contributed by atoms with van der Waals surface area (Å²) < 4.78 is 10.1. The normalized spacial score (nSPS) is 20.2. The van der Waals surface area contributed by atoms with Crippen LogP contribution in [-0.4, -0.2) is 45.4 Å². The van der Waals surface area contributed by atoms with Gasteiger partial charge in [-0.2, -0.15) is 0 Å². The summed E-state index contributed by atoms with van der Waals surface area (Å²) in [6.45, 7) is 0.201. The van der Waals surface area contributed by atoms with Crippen molar-refractivity contribution < 1.29 is 19.1 Å². The topological polar surface area (TPSA) is 126 Å². The Kier molecular flexibility index (Phi) is 5.45. The Morgan fingerprint density at radius 2 is 1.35 bits per heavy atom. The Hall–Kier alpha value is -5.15. The van der Waals surface area contributed by atoms with Crippen LogP contribution in [0.2, 0.25) is 0 Å². The number of hydrogen-bond donors (Lipinski definition) is 2. The molecule has 3 amide bonds. The maximum Gasteiger partial charge on any atom is 0.262 e. The molecule has 1 aliphatic carbocycles. The number of rotatable bonds is 3. The van der Waals surface area contributed by atoms with Gasteiger partial charge in [-0.3, -0.25) is 19.3 Å². The summed E-state index contributed by atoms with van der Waals surface area (Å²) in [5.74, 6) is 0.261. The van der Waals surface area contributed by atoms with Crippen molar-refractivity contribution in [1.82, 2.24) is 14.0 Å². The Labute approximate surface area is 246 Å². The fourth-order valence-electron chi connectivity index (χ4n) is 7.85. The largest absolute Gasteiger partial charge is 0.497 e. The van der Waals surface area contributed by atoms with Crippen molar-refractivity contribution in [1.29, 1.82) is 0 Å². The third kappa shape index (κ3) is 3.28. The molecule has 3 unspecified atom stereocenters. The second-order valence-electron chi connectivity index (χ2n) is 11.5. The molecule has 3 atom stereocenters. The average molecular weight is 572 g/mol. The Balaban J connectivity index is 0.000000892. The van der Waals surface area contributed by atoms with E-state index in [9.17, 15) is 9.59 Å². The van der Waals surface area contributed by atoms with Gasteiger partial charge in [0.15, 0.2) is 0 Å². The van der Waals surface area contributed by atoms with E-state index in [1.807, 2.05) is 42.5 Å². The van der Waals surface area contributed by atoms with Crippen LogP contribution >= 0.6 is 0 Å². The third-order valence-corrected chi connectivity index (χ3v) is 9.46. The first kappa shape index (κ1) is 25.6. The SMILES string of the molecule is COc1ccc(CN2C(=O)c3c(c4c5ccccc5n5c4c4c3c3ccccc3n4C3CC(N)C5C3)C2=O)cc1.NC=O. The van der Waals surface area contributed by atoms with Crippen LogP contribution in [0.1, 0.15) is 51.2 Å². The second-order valence-corrected chi connectivity index (χ2v) is 11.5. The molecule has 9 nitrogen and oxygen atoms in total. The van der Waals surface area contributed by atoms with Crippen LogP contribution in [-0.2, 0) is 11.3 Å². The number of amides is 3. The molecule has 214 valence electrons. The van der Waals surface area contributed by atoms with E-state index >= 15 is 0 Å². The predicted octanol–water partition coefficient (Wildman–Crippen LogP) is 5.03. The maximum atomic E-state index is 14.4. The first-order valence-electron chi connectivity index (χ1n) is 14.4. The summed E-state index contributed by atoms with van der Waals surface area (Å²) in [6, 6.07) is 24.4. The van der Waals surface area contributed by atoms with Gasteiger partial charge in [0.2, 0.25) is 6.41 Å². The maximum absolute atomic E-state index is 14.4. The van der Waals surface area contributed by atoms with Gasteiger partial charge < -0.3 is 25.3 Å². The number of nitrogens with zero attached hydrogens (tertiary/aromatic N) is 3. The lowest BCUT2D eigenvalue weighted by Gasteiger charge is -2.21. The van der Waals surface area contributed by atoms with Gasteiger partial charge in [0.25, 0.3) is 11.8 Å². The summed E-state index contributed by atoms with van der Waals surface area (Å²) in [7, 11) is 1.62. The Bertz CT molecular complexity index is 2160. The number of hydrogen-bond acceptors (Lipinski definition) is 5. The molecule has 4 N–H and O–H groups in total. The number of ether oxygens (including phenoxy) is 1. The number of fused-ring (bicyclic) bond motifs is 13. The fraction of sp³-hybridized carbons (Fsp3) is 0.206. The number of para-hydroxylation sites is 2. The number of carbonyl (C=O) groups excluding carboxylic acids is 3. The van der Waals surface area contributed by atoms with Crippen molar-refractivity contribution in [2.75, 3.05) is 7.11 Å². The van der Waals surface area contributed by atoms with Gasteiger partial charge in [0, 0.05) is 44.7 Å². The van der Waals surface area contributed by atoms with Crippen molar-refractivity contribution in [2.45, 2.75) is 37.5 Å². The molecule has 4 aromatic carbocycles. The smallest absolute Gasteiger partial charge is 0.262 e. The summed E-state index contributed by atoms with van der Waals surface area (Å²) >= 11 is 0. The molecule has 0 radical (unpaired) electrons. The molecule has 2 aromatic heterocycles. The monoisotopic (exact) mass is 571 g/mol. The van der Waals surface area contributed by atoms with E-state index in [-0.39, 0.29) is 42.9 Å². The van der Waals surface area contributed by atoms with Crippen LogP contribution in [0.5, 0.6) is 5.75 Å². The van der Waals surface area contributed by atoms with Crippen molar-refractivity contribution in [3.63, 3.8) is 0 Å². The minimum Gasteiger partial charge on any atom is -0.497 e. The zero-order valence-corrected chi connectivity index (χ0v) is 23.5. The highest BCUT2D eigenvalue weighted by Gasteiger charge is 2.46. The number of benzene rings is 4. The number of nitrogens with two attached hydrogens (primary N) is 2. The molecule has 0 spiro atoms. The quantitative estimate of drug-likeness (QED) is 0.228. The van der Waals surface area contributed by atoms with Crippen LogP contribution in [0, 0.1) is 0 Å². The minimum absolute atomic E-state index is 0.00512. The number of primary amides is 1. The summed E-state index contributed by atoms with van der Waals surface area (Å²) in [4.78, 5) is 38.7. The molecular formula is C34H29N5O4. The van der Waals surface area contributed by atoms with Gasteiger partial charge in [-0.15, -0.1) is 0 Å². The van der Waals surface area contributed by atoms with E-state index < -0.39 is 0 Å². The van der Waals surface area contributed by atoms with Crippen molar-refractivity contribution in [3.05, 3.63) is 89.5 Å². The fourth-order valence-corrected chi connectivity index (χ4v) is 7.85. The highest BCUT2D eigenvalue weighted by molar-refractivity contribution is 6.39. The molecule has 2 bridgehead atoms. The molecule has 9 rings (SSSR count). The van der Waals surface area contributed by atoms with Crippen molar-refractivity contribution >= 4 is 61.8 Å². The number of carbonyl (C=O) groups is 3. The van der Waals surface area contributed by atoms with Gasteiger partial charge in [0.1, 0.15) is 5.75 Å². The highest BCUT2D eigenvalue weighted by Crippen LogP contribution is 2.53. The number of methoxy groups -OCH3 is 1. The van der Waals surface area contributed by atoms with E-state index in [4.69, 9.17) is 15.3 Å². The Morgan fingerprint density at radius 3 is 1.93 bits per heavy atom. The van der Waals surface area contributed by atoms with Crippen molar-refractivity contribution in [3.8, 4) is 5.75 Å². The first-order chi connectivity index (χ1) is 21.0. The lowest BCUT2D eigenvalue weighted by Crippen LogP contribution is -2.29. The molecule has 6 aromatic rings. The summed E-state index contributed by atoms with van der Waals surface area (Å²) in [6.07, 6.45) is 2.05. The zero-order chi connectivity index (χ0) is 29.6. The Morgan fingerprint density at radius 1 is 0.814 bits per heavy atom. The van der Waals surface area contributed by atoms with Gasteiger partial charge in [-0.25, -0.2) is 0 Å². The van der Waals surface area contributed by atoms with Gasteiger partial charge >= 0.3 is 0 Å². The molecule has 3 aliphatic rings. The molecule has 4 heterocycles. The van der Waals surface area contributed by atoms with E-state index in [1.54, 1.807) is 7.11 Å². The molecule has 2 aliphatic heterocycles. The molecule has 1 saturated carbocycles. The molecule has 0 saturated heterocycles. The molecule has 9 heteroatoms. The van der Waals surface area contributed by atoms with Crippen molar-refractivity contribution in [2.24, 2.45) is 11.5 Å². The molecule has 1 fully saturated rings. The van der Waals surface area contributed by atoms with Gasteiger partial charge in [-0.05, 0) is 42.7 Å². The second kappa shape index (κ2) is 9.17. The lowest BCUT2D eigenvalue weighted by atomic mass is 9.96. The van der Waals surface area contributed by atoms with Crippen LogP contribution in [0.3, 0.4) is 0 Å².